The summed E-state index contributed by atoms with van der Waals surface area (Å²) in [5, 5.41) is 8.20. The Labute approximate surface area is 135 Å². The number of hydrogen-bond acceptors (Lipinski definition) is 5. The summed E-state index contributed by atoms with van der Waals surface area (Å²) >= 11 is 0. The molecule has 0 amide bonds. The fourth-order valence-corrected chi connectivity index (χ4v) is 2.81. The van der Waals surface area contributed by atoms with E-state index >= 15 is 0 Å². The molecule has 1 aliphatic carbocycles. The van der Waals surface area contributed by atoms with Crippen LogP contribution in [0.5, 0.6) is 11.5 Å². The van der Waals surface area contributed by atoms with Gasteiger partial charge in [0.05, 0.1) is 24.6 Å². The Morgan fingerprint density at radius 1 is 1.22 bits per heavy atom. The number of hydrogen-bond donors (Lipinski definition) is 0. The number of rotatable bonds is 7. The largest absolute Gasteiger partial charge is 0.490 e. The Bertz CT molecular complexity index is 692. The number of aromatic nitrogens is 3. The Balaban J connectivity index is 2.02. The van der Waals surface area contributed by atoms with Crippen LogP contribution < -0.4 is 9.47 Å². The van der Waals surface area contributed by atoms with E-state index < -0.39 is 0 Å². The average Bonchev–Trinajstić information content (AvgIpc) is 2.91. The summed E-state index contributed by atoms with van der Waals surface area (Å²) in [5.74, 6) is 1.74. The monoisotopic (exact) mass is 315 g/mol. The summed E-state index contributed by atoms with van der Waals surface area (Å²) in [6.07, 6.45) is 4.11. The SMILES string of the molecule is CCOc1ccc(-n2nnc(C=O)c2C2CCC2)cc1OCC. The van der Waals surface area contributed by atoms with Gasteiger partial charge >= 0.3 is 0 Å². The molecule has 0 spiro atoms. The summed E-state index contributed by atoms with van der Waals surface area (Å²) in [5.41, 5.74) is 2.17. The van der Waals surface area contributed by atoms with Gasteiger partial charge < -0.3 is 9.47 Å². The molecule has 1 heterocycles. The van der Waals surface area contributed by atoms with Crippen LogP contribution in [0.2, 0.25) is 0 Å². The minimum absolute atomic E-state index is 0.354. The molecular formula is C17H21N3O3. The summed E-state index contributed by atoms with van der Waals surface area (Å²) in [4.78, 5) is 11.3. The van der Waals surface area contributed by atoms with Crippen LogP contribution in [0.15, 0.2) is 18.2 Å². The number of aldehydes is 1. The van der Waals surface area contributed by atoms with Gasteiger partial charge in [0.15, 0.2) is 17.8 Å². The molecule has 1 aliphatic rings. The lowest BCUT2D eigenvalue weighted by molar-refractivity contribution is 0.111. The molecule has 1 fully saturated rings. The molecule has 23 heavy (non-hydrogen) atoms. The highest BCUT2D eigenvalue weighted by atomic mass is 16.5. The Kier molecular flexibility index (Phi) is 4.60. The fraction of sp³-hybridized carbons (Fsp3) is 0.471. The molecule has 122 valence electrons. The van der Waals surface area contributed by atoms with Crippen molar-refractivity contribution in [3.05, 3.63) is 29.6 Å². The third-order valence-corrected chi connectivity index (χ3v) is 4.11. The fourth-order valence-electron chi connectivity index (χ4n) is 2.81. The lowest BCUT2D eigenvalue weighted by Crippen LogP contribution is -2.16. The summed E-state index contributed by atoms with van der Waals surface area (Å²) in [6, 6.07) is 5.68. The first kappa shape index (κ1) is 15.5. The van der Waals surface area contributed by atoms with E-state index in [0.29, 0.717) is 36.3 Å². The minimum atomic E-state index is 0.354. The number of carbonyl (C=O) groups excluding carboxylic acids is 1. The van der Waals surface area contributed by atoms with Crippen molar-refractivity contribution in [1.29, 1.82) is 0 Å². The van der Waals surface area contributed by atoms with Crippen molar-refractivity contribution < 1.29 is 14.3 Å². The van der Waals surface area contributed by atoms with Crippen LogP contribution in [-0.4, -0.2) is 34.5 Å². The lowest BCUT2D eigenvalue weighted by Gasteiger charge is -2.26. The molecule has 6 nitrogen and oxygen atoms in total. The van der Waals surface area contributed by atoms with Gasteiger partial charge in [-0.3, -0.25) is 4.79 Å². The molecule has 2 aromatic rings. The Morgan fingerprint density at radius 2 is 1.96 bits per heavy atom. The maximum Gasteiger partial charge on any atom is 0.172 e. The molecule has 1 saturated carbocycles. The first-order chi connectivity index (χ1) is 11.3. The highest BCUT2D eigenvalue weighted by Crippen LogP contribution is 2.39. The second-order valence-corrected chi connectivity index (χ2v) is 5.51. The van der Waals surface area contributed by atoms with E-state index in [9.17, 15) is 4.79 Å². The van der Waals surface area contributed by atoms with Crippen molar-refractivity contribution in [3.8, 4) is 17.2 Å². The van der Waals surface area contributed by atoms with Crippen LogP contribution in [0.25, 0.3) is 5.69 Å². The molecule has 0 aliphatic heterocycles. The zero-order valence-electron chi connectivity index (χ0n) is 13.5. The summed E-state index contributed by atoms with van der Waals surface area (Å²) in [7, 11) is 0. The van der Waals surface area contributed by atoms with Crippen molar-refractivity contribution in [2.24, 2.45) is 0 Å². The van der Waals surface area contributed by atoms with Gasteiger partial charge in [0, 0.05) is 12.0 Å². The van der Waals surface area contributed by atoms with E-state index in [2.05, 4.69) is 10.3 Å². The van der Waals surface area contributed by atoms with Gasteiger partial charge in [-0.05, 0) is 38.8 Å². The minimum Gasteiger partial charge on any atom is -0.490 e. The van der Waals surface area contributed by atoms with Crippen LogP contribution in [0.4, 0.5) is 0 Å². The molecule has 0 bridgehead atoms. The predicted molar refractivity (Wildman–Crippen MR) is 85.7 cm³/mol. The number of ether oxygens (including phenoxy) is 2. The van der Waals surface area contributed by atoms with Crippen LogP contribution in [-0.2, 0) is 0 Å². The van der Waals surface area contributed by atoms with Crippen molar-refractivity contribution >= 4 is 6.29 Å². The second kappa shape index (κ2) is 6.81. The smallest absolute Gasteiger partial charge is 0.172 e. The van der Waals surface area contributed by atoms with Crippen molar-refractivity contribution in [3.63, 3.8) is 0 Å². The van der Waals surface area contributed by atoms with Gasteiger partial charge in [-0.2, -0.15) is 0 Å². The first-order valence-corrected chi connectivity index (χ1v) is 8.09. The highest BCUT2D eigenvalue weighted by molar-refractivity contribution is 5.74. The highest BCUT2D eigenvalue weighted by Gasteiger charge is 2.28. The summed E-state index contributed by atoms with van der Waals surface area (Å²) < 4.78 is 13.0. The Hall–Kier alpha value is -2.37. The summed E-state index contributed by atoms with van der Waals surface area (Å²) in [6.45, 7) is 5.00. The second-order valence-electron chi connectivity index (χ2n) is 5.51. The van der Waals surface area contributed by atoms with Gasteiger partial charge in [0.2, 0.25) is 0 Å². The lowest BCUT2D eigenvalue weighted by atomic mass is 9.82. The maximum atomic E-state index is 11.3. The van der Waals surface area contributed by atoms with Gasteiger partial charge in [0.1, 0.15) is 5.69 Å². The van der Waals surface area contributed by atoms with Crippen molar-refractivity contribution in [2.75, 3.05) is 13.2 Å². The van der Waals surface area contributed by atoms with E-state index in [1.807, 2.05) is 32.0 Å². The van der Waals surface area contributed by atoms with E-state index in [-0.39, 0.29) is 0 Å². The van der Waals surface area contributed by atoms with E-state index in [0.717, 1.165) is 30.5 Å². The van der Waals surface area contributed by atoms with Crippen LogP contribution in [0, 0.1) is 0 Å². The molecule has 1 aromatic carbocycles. The number of carbonyl (C=O) groups is 1. The Morgan fingerprint density at radius 3 is 2.57 bits per heavy atom. The molecule has 6 heteroatoms. The normalized spacial score (nSPS) is 14.3. The zero-order valence-corrected chi connectivity index (χ0v) is 13.5. The molecule has 0 N–H and O–H groups in total. The molecule has 1 aromatic heterocycles. The van der Waals surface area contributed by atoms with Gasteiger partial charge in [-0.1, -0.05) is 11.6 Å². The van der Waals surface area contributed by atoms with Crippen LogP contribution >= 0.6 is 0 Å². The quantitative estimate of drug-likeness (QED) is 0.734. The first-order valence-electron chi connectivity index (χ1n) is 8.09. The van der Waals surface area contributed by atoms with Crippen molar-refractivity contribution in [1.82, 2.24) is 15.0 Å². The van der Waals surface area contributed by atoms with Gasteiger partial charge in [-0.25, -0.2) is 4.68 Å². The molecule has 0 radical (unpaired) electrons. The van der Waals surface area contributed by atoms with E-state index in [1.165, 1.54) is 6.42 Å². The maximum absolute atomic E-state index is 11.3. The predicted octanol–water partition coefficient (Wildman–Crippen LogP) is 3.14. The van der Waals surface area contributed by atoms with Crippen LogP contribution in [0.1, 0.15) is 55.2 Å². The average molecular weight is 315 g/mol. The molecular weight excluding hydrogens is 294 g/mol. The van der Waals surface area contributed by atoms with Crippen molar-refractivity contribution in [2.45, 2.75) is 39.0 Å². The van der Waals surface area contributed by atoms with Crippen LogP contribution in [0.3, 0.4) is 0 Å². The molecule has 3 rings (SSSR count). The third kappa shape index (κ3) is 2.93. The molecule has 0 unspecified atom stereocenters. The van der Waals surface area contributed by atoms with Gasteiger partial charge in [-0.15, -0.1) is 5.10 Å². The topological polar surface area (TPSA) is 66.2 Å². The standard InChI is InChI=1S/C17H21N3O3/c1-3-22-15-9-8-13(10-16(15)23-4-2)20-17(12-6-5-7-12)14(11-21)18-19-20/h8-12H,3-7H2,1-2H3. The molecule has 0 saturated heterocycles. The molecule has 0 atom stereocenters. The van der Waals surface area contributed by atoms with E-state index in [4.69, 9.17) is 9.47 Å². The number of benzene rings is 1. The van der Waals surface area contributed by atoms with E-state index in [1.54, 1.807) is 4.68 Å². The van der Waals surface area contributed by atoms with Gasteiger partial charge in [0.25, 0.3) is 0 Å². The number of nitrogens with zero attached hydrogens (tertiary/aromatic N) is 3. The third-order valence-electron chi connectivity index (χ3n) is 4.11. The zero-order chi connectivity index (χ0) is 16.2.